The number of nitrogens with zero attached hydrogens (tertiary/aromatic N) is 4. The van der Waals surface area contributed by atoms with Gasteiger partial charge in [-0.1, -0.05) is 362 Å². The Morgan fingerprint density at radius 3 is 0.696 bits per heavy atom. The summed E-state index contributed by atoms with van der Waals surface area (Å²) in [5.74, 6) is 0. The van der Waals surface area contributed by atoms with Crippen molar-refractivity contribution in [3.8, 4) is 55.9 Å². The lowest BCUT2D eigenvalue weighted by atomic mass is 9.33. The number of fused-ring (bicyclic) bond motifs is 10. The molecule has 0 saturated carbocycles. The molecule has 2 aromatic heterocycles. The van der Waals surface area contributed by atoms with Crippen LogP contribution in [0.4, 0.5) is 34.1 Å². The lowest BCUT2D eigenvalue weighted by Gasteiger charge is -2.46. The molecule has 2 aliphatic rings. The van der Waals surface area contributed by atoms with Crippen LogP contribution in [0.15, 0.2) is 243 Å². The Kier molecular flexibility index (Phi) is 19.2. The second-order valence-electron chi connectivity index (χ2n) is 50.4. The van der Waals surface area contributed by atoms with E-state index < -0.39 is 136 Å². The third kappa shape index (κ3) is 22.3. The van der Waals surface area contributed by atoms with E-state index >= 15 is 0 Å². The molecule has 0 bridgehead atoms. The maximum Gasteiger partial charge on any atom is 0.252 e. The van der Waals surface area contributed by atoms with Gasteiger partial charge < -0.3 is 18.9 Å². The van der Waals surface area contributed by atoms with Crippen LogP contribution in [-0.4, -0.2) is 15.8 Å². The first kappa shape index (κ1) is 74.2. The van der Waals surface area contributed by atoms with Crippen molar-refractivity contribution in [2.24, 2.45) is 59.6 Å². The van der Waals surface area contributed by atoms with Gasteiger partial charge in [-0.25, -0.2) is 0 Å². The fourth-order valence-corrected chi connectivity index (χ4v) is 20.2. The zero-order valence-electron chi connectivity index (χ0n) is 110. The maximum atomic E-state index is 11.4. The highest BCUT2D eigenvalue weighted by Crippen LogP contribution is 2.55. The SMILES string of the molecule is [2H]C([2H])(c1cccc(-c2cc(C([2H])([2H])C(C)(C)C)c(-c3cccc(C([2H])([2H])C(C)(C)C)c3)cc2N2c3cc(-n4c5ccc(C([2H])([2H])C(C)(C)C)cc5c5cc(C([2H])([2H])C(C)(C)C)ccc54)ccc3B3c4ccc(-n5c6ccc(C([2H])([2H])C(C)(C)C)cc6c6cc(C([2H])([2H])C(C)(C)C)ccc65)cc4N(c4cc(-c5cccc(C([2H])([2H])C(C)(C)C)c5)c(C([2H])([2H])C(C)(C)C)cc4-c4cccc(C([2H])([2H])C(C)(C)C)c4)c4cc(C([2H])([2H])C(C)(C)C)cc2c43)c1)C(C)(C)C. The van der Waals surface area contributed by atoms with Crippen molar-refractivity contribution >= 4 is 101 Å². The molecule has 0 amide bonds. The standard InChI is InChI=1S/C133H161BN4/c1-123(2,3)74-85-38-34-42-94(58-85)102-72-116(104(68-98(102)83-132(28,29)30)96-44-36-40-87(60-96)76-125(7,8)9)137-118-70-100(135-112-54-46-89(78-127(13,14)15)62-106(112)107-63-90(47-55-113(107)135)79-128(16,17)18)50-52-110(118)134-111-53-51-101(136-114-56-48-91(80-129(19,20)21)64-108(114)109-65-92(49-57-115(109)136)81-130(22,23)24)71-119(111)138(121-67-93(82-131(25,26)27)66-120(137)122(121)134)117-73-103(95-43-35-39-86(59-95)75-124(4,5)6)99(84-133(31,32)33)69-105(117)97-45-37-41-88(61-97)77-126(10,11)12/h34-73H,74-84H2,1-33H3/i74D2,75D2,76D2,77D2,78D2,79D2,80D2,81D2,82D2,83D2,84D2. The summed E-state index contributed by atoms with van der Waals surface area (Å²) in [7, 11) is 0. The Hall–Kier alpha value is -10.9. The van der Waals surface area contributed by atoms with E-state index in [1.54, 1.807) is 36.4 Å². The first-order valence-corrected chi connectivity index (χ1v) is 49.7. The van der Waals surface area contributed by atoms with Crippen LogP contribution < -0.4 is 26.2 Å². The molecule has 0 unspecified atom stereocenters. The quantitative estimate of drug-likeness (QED) is 0.0750. The van der Waals surface area contributed by atoms with Gasteiger partial charge in [-0.05, 0) is 350 Å². The monoisotopic (exact) mass is 1850 g/mol. The molecule has 15 aromatic rings. The van der Waals surface area contributed by atoms with Crippen molar-refractivity contribution in [1.82, 2.24) is 9.13 Å². The molecule has 2 aliphatic heterocycles. The predicted octanol–water partition coefficient (Wildman–Crippen LogP) is 36.1. The summed E-state index contributed by atoms with van der Waals surface area (Å²) in [5.41, 5.74) is 3.68. The summed E-state index contributed by atoms with van der Waals surface area (Å²) in [6.07, 6.45) is -22.6. The van der Waals surface area contributed by atoms with Crippen molar-refractivity contribution in [3.05, 3.63) is 304 Å². The Labute approximate surface area is 863 Å². The summed E-state index contributed by atoms with van der Waals surface area (Å²) in [4.78, 5) is 4.30. The highest BCUT2D eigenvalue weighted by molar-refractivity contribution is 7.00. The minimum absolute atomic E-state index is 0.167. The second-order valence-corrected chi connectivity index (χ2v) is 50.4. The van der Waals surface area contributed by atoms with Crippen LogP contribution >= 0.6 is 0 Å². The fraction of sp³-hybridized carbons (Fsp3) is 0.414. The normalized spacial score (nSPS) is 17.3. The van der Waals surface area contributed by atoms with Gasteiger partial charge in [0.05, 0.1) is 33.4 Å². The molecule has 0 aliphatic carbocycles. The fourth-order valence-electron chi connectivity index (χ4n) is 20.2. The van der Waals surface area contributed by atoms with Gasteiger partial charge in [-0.3, -0.25) is 0 Å². The molecule has 0 N–H and O–H groups in total. The number of hydrogen-bond acceptors (Lipinski definition) is 2. The molecular formula is C133H161BN4. The van der Waals surface area contributed by atoms with E-state index in [1.807, 2.05) is 398 Å². The zero-order chi connectivity index (χ0) is 119. The minimum Gasteiger partial charge on any atom is -0.311 e. The molecule has 13 aromatic carbocycles. The molecule has 0 saturated heterocycles. The average molecular weight is 1850 g/mol. The number of aromatic nitrogens is 2. The van der Waals surface area contributed by atoms with E-state index in [0.29, 0.717) is 195 Å². The third-order valence-corrected chi connectivity index (χ3v) is 24.2. The first-order chi connectivity index (χ1) is 72.7. The van der Waals surface area contributed by atoms with Gasteiger partial charge in [0.25, 0.3) is 6.71 Å². The van der Waals surface area contributed by atoms with Crippen LogP contribution in [0.1, 0.15) is 320 Å². The lowest BCUT2D eigenvalue weighted by Crippen LogP contribution is -2.61. The maximum absolute atomic E-state index is 11.4. The highest BCUT2D eigenvalue weighted by Gasteiger charge is 2.46. The Bertz CT molecular complexity index is 7720. The molecule has 716 valence electrons. The van der Waals surface area contributed by atoms with Crippen LogP contribution in [0.25, 0.3) is 99.5 Å². The van der Waals surface area contributed by atoms with Crippen LogP contribution in [0, 0.1) is 59.6 Å². The van der Waals surface area contributed by atoms with Gasteiger partial charge >= 0.3 is 0 Å². The lowest BCUT2D eigenvalue weighted by molar-refractivity contribution is 0.410. The van der Waals surface area contributed by atoms with Crippen LogP contribution in [0.5, 0.6) is 0 Å². The van der Waals surface area contributed by atoms with Gasteiger partial charge in [0.15, 0.2) is 0 Å². The van der Waals surface area contributed by atoms with Crippen molar-refractivity contribution in [1.29, 1.82) is 0 Å². The van der Waals surface area contributed by atoms with Gasteiger partial charge in [0.1, 0.15) is 0 Å². The average Bonchev–Trinajstić information content (AvgIpc) is 0.819. The number of anilines is 6. The second kappa shape index (κ2) is 35.7. The van der Waals surface area contributed by atoms with E-state index in [-0.39, 0.29) is 16.7 Å². The van der Waals surface area contributed by atoms with E-state index in [4.69, 9.17) is 0 Å². The Morgan fingerprint density at radius 2 is 0.442 bits per heavy atom. The third-order valence-electron chi connectivity index (χ3n) is 24.2. The highest BCUT2D eigenvalue weighted by atomic mass is 15.2. The van der Waals surface area contributed by atoms with Crippen LogP contribution in [0.2, 0.25) is 0 Å². The molecule has 0 radical (unpaired) electrons. The molecule has 0 fully saturated rings. The zero-order valence-corrected chi connectivity index (χ0v) is 88.5. The first-order valence-electron chi connectivity index (χ1n) is 60.7. The Morgan fingerprint density at radius 1 is 0.203 bits per heavy atom. The molecule has 17 rings (SSSR count). The predicted molar refractivity (Wildman–Crippen MR) is 606 cm³/mol. The molecule has 0 atom stereocenters. The molecule has 0 spiro atoms. The van der Waals surface area contributed by atoms with Crippen LogP contribution in [-0.2, 0) is 70.1 Å². The van der Waals surface area contributed by atoms with E-state index in [1.165, 1.54) is 0 Å². The van der Waals surface area contributed by atoms with E-state index in [9.17, 15) is 30.2 Å². The topological polar surface area (TPSA) is 16.3 Å². The molecule has 5 heteroatoms. The summed E-state index contributed by atoms with van der Waals surface area (Å²) in [6.45, 7) is 60.3. The van der Waals surface area contributed by atoms with E-state index in [0.717, 1.165) is 0 Å². The number of benzene rings is 13. The molecule has 4 heterocycles. The van der Waals surface area contributed by atoms with Crippen molar-refractivity contribution in [3.63, 3.8) is 0 Å². The van der Waals surface area contributed by atoms with Gasteiger partial charge in [-0.15, -0.1) is 0 Å². The van der Waals surface area contributed by atoms with Gasteiger partial charge in [0, 0.05) is 97.0 Å². The van der Waals surface area contributed by atoms with Gasteiger partial charge in [0.2, 0.25) is 0 Å². The Balaban J connectivity index is 1.16. The number of rotatable bonds is 19. The summed E-state index contributed by atoms with van der Waals surface area (Å²) < 4.78 is 232. The van der Waals surface area contributed by atoms with Crippen molar-refractivity contribution in [2.45, 2.75) is 299 Å². The van der Waals surface area contributed by atoms with Crippen LogP contribution in [0.3, 0.4) is 0 Å². The van der Waals surface area contributed by atoms with Gasteiger partial charge in [-0.2, -0.15) is 0 Å². The number of hydrogen-bond donors (Lipinski definition) is 0. The van der Waals surface area contributed by atoms with Crippen molar-refractivity contribution in [2.75, 3.05) is 9.80 Å². The largest absolute Gasteiger partial charge is 0.311 e. The molecular weight excluding hydrogens is 1660 g/mol. The van der Waals surface area contributed by atoms with Crippen molar-refractivity contribution < 1.29 is 30.2 Å². The smallest absolute Gasteiger partial charge is 0.252 e. The minimum atomic E-state index is -2.37. The van der Waals surface area contributed by atoms with E-state index in [2.05, 4.69) is 55.3 Å². The molecule has 4 nitrogen and oxygen atoms in total. The summed E-state index contributed by atoms with van der Waals surface area (Å²) in [6, 6.07) is 76.0. The molecule has 138 heavy (non-hydrogen) atoms. The summed E-state index contributed by atoms with van der Waals surface area (Å²) in [5, 5.41) is 2.54. The summed E-state index contributed by atoms with van der Waals surface area (Å²) >= 11 is 0.